The average Bonchev–Trinajstić information content (AvgIpc) is 2.98. The van der Waals surface area contributed by atoms with E-state index in [0.29, 0.717) is 10.8 Å². The Labute approximate surface area is 170 Å². The van der Waals surface area contributed by atoms with E-state index in [9.17, 15) is 0 Å². The van der Waals surface area contributed by atoms with Crippen LogP contribution in [0.5, 0.6) is 0 Å². The van der Waals surface area contributed by atoms with Crippen LogP contribution in [-0.4, -0.2) is 0 Å². The first-order valence-corrected chi connectivity index (χ1v) is 12.9. The smallest absolute Gasteiger partial charge is 0.0264 e. The molecule has 27 heavy (non-hydrogen) atoms. The maximum absolute atomic E-state index is 2.75. The lowest BCUT2D eigenvalue weighted by Gasteiger charge is -2.61. The summed E-state index contributed by atoms with van der Waals surface area (Å²) in [5.74, 6) is 7.15. The molecule has 0 amide bonds. The summed E-state index contributed by atoms with van der Waals surface area (Å²) in [4.78, 5) is 0. The van der Waals surface area contributed by atoms with Crippen molar-refractivity contribution >= 4 is 0 Å². The van der Waals surface area contributed by atoms with Gasteiger partial charge >= 0.3 is 0 Å². The van der Waals surface area contributed by atoms with Gasteiger partial charge in [-0.05, 0) is 104 Å². The Bertz CT molecular complexity index is 506. The van der Waals surface area contributed by atoms with Crippen LogP contribution in [0.2, 0.25) is 0 Å². The molecule has 4 aliphatic carbocycles. The molecule has 0 aromatic carbocycles. The molecule has 156 valence electrons. The van der Waals surface area contributed by atoms with Crippen LogP contribution in [0, 0.1) is 52.3 Å². The molecular formula is C27H48. The largest absolute Gasteiger partial charge is 0.0628 e. The highest BCUT2D eigenvalue weighted by atomic mass is 14.6. The lowest BCUT2D eigenvalue weighted by atomic mass is 9.44. The fraction of sp³-hybridized carbons (Fsp3) is 1.00. The Hall–Kier alpha value is 0. The van der Waals surface area contributed by atoms with Crippen molar-refractivity contribution in [1.82, 2.24) is 0 Å². The standard InChI is InChI=1S/C27H48/c1-19(2)9-8-10-20(3)23-14-15-24-22-13-12-21-11-6-7-17-26(21,4)25(22)16-18-27(23,24)5/h19-25H,6-18H2,1-5H3/t20-,21-,22+,23+,24-,25+,26+,27-/m1/s1. The minimum atomic E-state index is 0.677. The molecule has 0 radical (unpaired) electrons. The molecule has 0 aromatic heterocycles. The molecule has 8 atom stereocenters. The second-order valence-electron chi connectivity index (χ2n) is 12.4. The van der Waals surface area contributed by atoms with Gasteiger partial charge in [-0.3, -0.25) is 0 Å². The van der Waals surface area contributed by atoms with Crippen LogP contribution in [0.1, 0.15) is 118 Å². The molecule has 0 bridgehead atoms. The highest BCUT2D eigenvalue weighted by Crippen LogP contribution is 2.68. The van der Waals surface area contributed by atoms with Gasteiger partial charge in [-0.2, -0.15) is 0 Å². The van der Waals surface area contributed by atoms with E-state index < -0.39 is 0 Å². The second-order valence-corrected chi connectivity index (χ2v) is 12.4. The Balaban J connectivity index is 1.46. The van der Waals surface area contributed by atoms with Crippen LogP contribution in [0.4, 0.5) is 0 Å². The van der Waals surface area contributed by atoms with E-state index in [2.05, 4.69) is 34.6 Å². The summed E-state index contributed by atoms with van der Waals surface area (Å²) < 4.78 is 0. The summed E-state index contributed by atoms with van der Waals surface area (Å²) in [5.41, 5.74) is 1.39. The molecule has 0 saturated heterocycles. The van der Waals surface area contributed by atoms with Crippen LogP contribution in [0.3, 0.4) is 0 Å². The third kappa shape index (κ3) is 3.44. The maximum atomic E-state index is 2.75. The molecule has 4 rings (SSSR count). The van der Waals surface area contributed by atoms with E-state index in [1.54, 1.807) is 51.4 Å². The SMILES string of the molecule is CC(C)CCC[C@@H](C)[C@@H]1CC[C@@H]2[C@@H]3CC[C@H]4CCCC[C@]4(C)[C@H]3CC[C@@]21C. The summed E-state index contributed by atoms with van der Waals surface area (Å²) in [7, 11) is 0. The summed E-state index contributed by atoms with van der Waals surface area (Å²) >= 11 is 0. The van der Waals surface area contributed by atoms with Gasteiger partial charge in [-0.25, -0.2) is 0 Å². The van der Waals surface area contributed by atoms with Crippen molar-refractivity contribution in [3.05, 3.63) is 0 Å². The quantitative estimate of drug-likeness (QED) is 0.453. The van der Waals surface area contributed by atoms with Crippen molar-refractivity contribution in [2.24, 2.45) is 52.3 Å². The number of hydrogen-bond donors (Lipinski definition) is 0. The fourth-order valence-electron chi connectivity index (χ4n) is 9.32. The van der Waals surface area contributed by atoms with E-state index in [4.69, 9.17) is 0 Å². The van der Waals surface area contributed by atoms with E-state index >= 15 is 0 Å². The minimum Gasteiger partial charge on any atom is -0.0628 e. The van der Waals surface area contributed by atoms with Crippen molar-refractivity contribution < 1.29 is 0 Å². The number of fused-ring (bicyclic) bond motifs is 5. The van der Waals surface area contributed by atoms with Gasteiger partial charge in [0.2, 0.25) is 0 Å². The zero-order valence-corrected chi connectivity index (χ0v) is 19.2. The Morgan fingerprint density at radius 1 is 0.741 bits per heavy atom. The maximum Gasteiger partial charge on any atom is -0.0264 e. The molecule has 0 nitrogen and oxygen atoms in total. The fourth-order valence-corrected chi connectivity index (χ4v) is 9.32. The summed E-state index contributed by atoms with van der Waals surface area (Å²) in [5, 5.41) is 0. The van der Waals surface area contributed by atoms with Crippen molar-refractivity contribution in [3.8, 4) is 0 Å². The molecule has 4 aliphatic rings. The third-order valence-electron chi connectivity index (χ3n) is 10.8. The molecule has 0 unspecified atom stereocenters. The monoisotopic (exact) mass is 372 g/mol. The highest BCUT2D eigenvalue weighted by molar-refractivity contribution is 5.09. The van der Waals surface area contributed by atoms with Crippen molar-refractivity contribution in [1.29, 1.82) is 0 Å². The van der Waals surface area contributed by atoms with Gasteiger partial charge in [0.05, 0.1) is 0 Å². The average molecular weight is 373 g/mol. The lowest BCUT2D eigenvalue weighted by Crippen LogP contribution is -2.53. The first-order chi connectivity index (χ1) is 12.9. The lowest BCUT2D eigenvalue weighted by molar-refractivity contribution is -0.114. The molecule has 0 spiro atoms. The summed E-state index contributed by atoms with van der Waals surface area (Å²) in [6.45, 7) is 12.9. The molecular weight excluding hydrogens is 324 g/mol. The van der Waals surface area contributed by atoms with Crippen LogP contribution in [-0.2, 0) is 0 Å². The highest BCUT2D eigenvalue weighted by Gasteiger charge is 2.59. The zero-order chi connectivity index (χ0) is 19.2. The molecule has 0 aromatic rings. The predicted molar refractivity (Wildman–Crippen MR) is 118 cm³/mol. The van der Waals surface area contributed by atoms with Crippen LogP contribution < -0.4 is 0 Å². The number of hydrogen-bond acceptors (Lipinski definition) is 0. The Morgan fingerprint density at radius 3 is 2.30 bits per heavy atom. The van der Waals surface area contributed by atoms with Crippen LogP contribution in [0.15, 0.2) is 0 Å². The van der Waals surface area contributed by atoms with E-state index in [1.165, 1.54) is 32.1 Å². The molecule has 0 heteroatoms. The molecule has 0 N–H and O–H groups in total. The van der Waals surface area contributed by atoms with E-state index in [1.807, 2.05) is 0 Å². The van der Waals surface area contributed by atoms with Gasteiger partial charge in [-0.1, -0.05) is 66.7 Å². The summed E-state index contributed by atoms with van der Waals surface area (Å²) in [6, 6.07) is 0. The Kier molecular flexibility index (Phi) is 5.77. The second kappa shape index (κ2) is 7.68. The first kappa shape index (κ1) is 20.3. The van der Waals surface area contributed by atoms with Gasteiger partial charge in [0, 0.05) is 0 Å². The van der Waals surface area contributed by atoms with E-state index in [0.717, 1.165) is 41.4 Å². The molecule has 0 heterocycles. The van der Waals surface area contributed by atoms with Gasteiger partial charge < -0.3 is 0 Å². The van der Waals surface area contributed by atoms with Crippen molar-refractivity contribution in [3.63, 3.8) is 0 Å². The summed E-state index contributed by atoms with van der Waals surface area (Å²) in [6.07, 6.45) is 19.9. The topological polar surface area (TPSA) is 0 Å². The van der Waals surface area contributed by atoms with Crippen LogP contribution >= 0.6 is 0 Å². The van der Waals surface area contributed by atoms with E-state index in [-0.39, 0.29) is 0 Å². The molecule has 4 fully saturated rings. The van der Waals surface area contributed by atoms with Gasteiger partial charge in [0.15, 0.2) is 0 Å². The van der Waals surface area contributed by atoms with Gasteiger partial charge in [0.25, 0.3) is 0 Å². The third-order valence-corrected chi connectivity index (χ3v) is 10.8. The van der Waals surface area contributed by atoms with Gasteiger partial charge in [0.1, 0.15) is 0 Å². The van der Waals surface area contributed by atoms with Crippen molar-refractivity contribution in [2.45, 2.75) is 118 Å². The zero-order valence-electron chi connectivity index (χ0n) is 19.2. The molecule has 4 saturated carbocycles. The van der Waals surface area contributed by atoms with Crippen LogP contribution in [0.25, 0.3) is 0 Å². The number of rotatable bonds is 5. The predicted octanol–water partition coefficient (Wildman–Crippen LogP) is 8.50. The normalized spacial score (nSPS) is 48.0. The molecule has 0 aliphatic heterocycles. The first-order valence-electron chi connectivity index (χ1n) is 12.9. The Morgan fingerprint density at radius 2 is 1.52 bits per heavy atom. The van der Waals surface area contributed by atoms with Crippen molar-refractivity contribution in [2.75, 3.05) is 0 Å². The minimum absolute atomic E-state index is 0.677. The van der Waals surface area contributed by atoms with Gasteiger partial charge in [-0.15, -0.1) is 0 Å².